The minimum Gasteiger partial charge on any atom is -0.361 e. The van der Waals surface area contributed by atoms with E-state index in [2.05, 4.69) is 50.0 Å². The molecule has 1 aliphatic rings. The van der Waals surface area contributed by atoms with Gasteiger partial charge in [0.05, 0.1) is 0 Å². The molecule has 0 amide bonds. The van der Waals surface area contributed by atoms with Crippen LogP contribution < -0.4 is 0 Å². The van der Waals surface area contributed by atoms with Gasteiger partial charge in [-0.2, -0.15) is 0 Å². The van der Waals surface area contributed by atoms with Gasteiger partial charge in [-0.1, -0.05) is 39.3 Å². The first-order valence-electron chi connectivity index (χ1n) is 9.14. The molecule has 0 saturated heterocycles. The SMILES string of the molecule is CC(C)[C@@H]1CC[C@@H](C)C[C@H]1C(=O)CCc1cccc2[nH]ccc12. The molecule has 1 aromatic carbocycles. The van der Waals surface area contributed by atoms with Crippen molar-refractivity contribution in [1.82, 2.24) is 4.98 Å². The minimum atomic E-state index is 0.282. The van der Waals surface area contributed by atoms with Gasteiger partial charge in [0, 0.05) is 29.4 Å². The lowest BCUT2D eigenvalue weighted by atomic mass is 9.68. The van der Waals surface area contributed by atoms with Crippen LogP contribution in [0.4, 0.5) is 0 Å². The molecule has 2 nitrogen and oxygen atoms in total. The molecule has 3 atom stereocenters. The van der Waals surface area contributed by atoms with Crippen molar-refractivity contribution in [3.63, 3.8) is 0 Å². The number of aromatic nitrogens is 1. The van der Waals surface area contributed by atoms with E-state index in [4.69, 9.17) is 0 Å². The number of benzene rings is 1. The Morgan fingerprint density at radius 2 is 2.09 bits per heavy atom. The first-order chi connectivity index (χ1) is 11.1. The summed E-state index contributed by atoms with van der Waals surface area (Å²) in [4.78, 5) is 16.2. The standard InChI is InChI=1S/C21H29NO/c1-14(2)17-9-7-15(3)13-19(17)21(23)10-8-16-5-4-6-20-18(16)11-12-22-20/h4-6,11-12,14-15,17,19,22H,7-10,13H2,1-3H3/t15-,17+,19-/m1/s1. The largest absolute Gasteiger partial charge is 0.361 e. The number of ketones is 1. The highest BCUT2D eigenvalue weighted by atomic mass is 16.1. The Morgan fingerprint density at radius 3 is 2.87 bits per heavy atom. The minimum absolute atomic E-state index is 0.282. The molecule has 3 rings (SSSR count). The van der Waals surface area contributed by atoms with Crippen LogP contribution in [0.1, 0.15) is 52.0 Å². The van der Waals surface area contributed by atoms with E-state index in [0.29, 0.717) is 30.0 Å². The second-order valence-electron chi connectivity index (χ2n) is 7.75. The molecule has 1 aromatic heterocycles. The van der Waals surface area contributed by atoms with Gasteiger partial charge in [0.1, 0.15) is 5.78 Å². The summed E-state index contributed by atoms with van der Waals surface area (Å²) in [7, 11) is 0. The highest BCUT2D eigenvalue weighted by Gasteiger charge is 2.34. The number of aromatic amines is 1. The average Bonchev–Trinajstić information content (AvgIpc) is 3.01. The number of H-pyrrole nitrogens is 1. The van der Waals surface area contributed by atoms with Crippen molar-refractivity contribution >= 4 is 16.7 Å². The van der Waals surface area contributed by atoms with Crippen LogP contribution in [0.25, 0.3) is 10.9 Å². The maximum atomic E-state index is 12.9. The van der Waals surface area contributed by atoms with Gasteiger partial charge in [-0.3, -0.25) is 4.79 Å². The van der Waals surface area contributed by atoms with Crippen LogP contribution in [0.15, 0.2) is 30.5 Å². The number of hydrogen-bond acceptors (Lipinski definition) is 1. The lowest BCUT2D eigenvalue weighted by Gasteiger charge is -2.36. The summed E-state index contributed by atoms with van der Waals surface area (Å²) in [5, 5.41) is 1.26. The normalized spacial score (nSPS) is 25.1. The van der Waals surface area contributed by atoms with Gasteiger partial charge < -0.3 is 4.98 Å². The number of carbonyl (C=O) groups excluding carboxylic acids is 1. The lowest BCUT2D eigenvalue weighted by Crippen LogP contribution is -2.33. The van der Waals surface area contributed by atoms with Crippen LogP contribution in [0.3, 0.4) is 0 Å². The molecule has 0 unspecified atom stereocenters. The quantitative estimate of drug-likeness (QED) is 0.790. The molecule has 1 fully saturated rings. The number of carbonyl (C=O) groups is 1. The van der Waals surface area contributed by atoms with Gasteiger partial charge in [-0.15, -0.1) is 0 Å². The summed E-state index contributed by atoms with van der Waals surface area (Å²) in [6.07, 6.45) is 7.14. The number of Topliss-reactive ketones (excluding diaryl/α,β-unsaturated/α-hetero) is 1. The van der Waals surface area contributed by atoms with Gasteiger partial charge in [-0.05, 0) is 54.7 Å². The van der Waals surface area contributed by atoms with Crippen LogP contribution in [-0.4, -0.2) is 10.8 Å². The van der Waals surface area contributed by atoms with Crippen LogP contribution in [0, 0.1) is 23.7 Å². The first-order valence-corrected chi connectivity index (χ1v) is 9.14. The van der Waals surface area contributed by atoms with Crippen molar-refractivity contribution in [1.29, 1.82) is 0 Å². The second kappa shape index (κ2) is 6.90. The van der Waals surface area contributed by atoms with E-state index in [9.17, 15) is 4.79 Å². The number of aryl methyl sites for hydroxylation is 1. The van der Waals surface area contributed by atoms with Crippen LogP contribution >= 0.6 is 0 Å². The molecule has 1 aliphatic carbocycles. The van der Waals surface area contributed by atoms with Crippen molar-refractivity contribution in [3.8, 4) is 0 Å². The van der Waals surface area contributed by atoms with Crippen molar-refractivity contribution in [2.45, 2.75) is 52.9 Å². The Balaban J connectivity index is 1.69. The molecule has 23 heavy (non-hydrogen) atoms. The zero-order valence-corrected chi connectivity index (χ0v) is 14.6. The first kappa shape index (κ1) is 16.3. The van der Waals surface area contributed by atoms with Gasteiger partial charge in [0.2, 0.25) is 0 Å². The molecule has 124 valence electrons. The molecule has 1 saturated carbocycles. The number of fused-ring (bicyclic) bond motifs is 1. The number of hydrogen-bond donors (Lipinski definition) is 1. The molecular weight excluding hydrogens is 282 g/mol. The lowest BCUT2D eigenvalue weighted by molar-refractivity contribution is -0.127. The molecule has 1 N–H and O–H groups in total. The van der Waals surface area contributed by atoms with Crippen LogP contribution in [-0.2, 0) is 11.2 Å². The maximum absolute atomic E-state index is 12.9. The number of nitrogens with one attached hydrogen (secondary N) is 1. The molecule has 0 spiro atoms. The topological polar surface area (TPSA) is 32.9 Å². The van der Waals surface area contributed by atoms with Gasteiger partial charge in [-0.25, -0.2) is 0 Å². The Kier molecular flexibility index (Phi) is 4.89. The van der Waals surface area contributed by atoms with Crippen molar-refractivity contribution in [2.75, 3.05) is 0 Å². The zero-order chi connectivity index (χ0) is 16.4. The highest BCUT2D eigenvalue weighted by Crippen LogP contribution is 2.39. The predicted molar refractivity (Wildman–Crippen MR) is 96.5 cm³/mol. The van der Waals surface area contributed by atoms with E-state index < -0.39 is 0 Å². The summed E-state index contributed by atoms with van der Waals surface area (Å²) < 4.78 is 0. The summed E-state index contributed by atoms with van der Waals surface area (Å²) in [6, 6.07) is 8.46. The predicted octanol–water partition coefficient (Wildman–Crippen LogP) is 5.38. The van der Waals surface area contributed by atoms with Crippen LogP contribution in [0.5, 0.6) is 0 Å². The fourth-order valence-electron chi connectivity index (χ4n) is 4.38. The molecule has 1 heterocycles. The average molecular weight is 311 g/mol. The van der Waals surface area contributed by atoms with E-state index in [0.717, 1.165) is 12.8 Å². The Hall–Kier alpha value is -1.57. The molecule has 0 radical (unpaired) electrons. The fraction of sp³-hybridized carbons (Fsp3) is 0.571. The highest BCUT2D eigenvalue weighted by molar-refractivity contribution is 5.85. The molecule has 2 aromatic rings. The van der Waals surface area contributed by atoms with Gasteiger partial charge in [0.15, 0.2) is 0 Å². The summed E-state index contributed by atoms with van der Waals surface area (Å²) in [6.45, 7) is 6.86. The molecule has 2 heteroatoms. The van der Waals surface area contributed by atoms with Crippen LogP contribution in [0.2, 0.25) is 0 Å². The Morgan fingerprint density at radius 1 is 1.26 bits per heavy atom. The monoisotopic (exact) mass is 311 g/mol. The third-order valence-electron chi connectivity index (χ3n) is 5.76. The van der Waals surface area contributed by atoms with Gasteiger partial charge in [0.25, 0.3) is 0 Å². The van der Waals surface area contributed by atoms with E-state index in [1.807, 2.05) is 6.20 Å². The smallest absolute Gasteiger partial charge is 0.136 e. The maximum Gasteiger partial charge on any atom is 0.136 e. The second-order valence-corrected chi connectivity index (χ2v) is 7.75. The Bertz CT molecular complexity index is 669. The summed E-state index contributed by atoms with van der Waals surface area (Å²) >= 11 is 0. The molecular formula is C21H29NO. The Labute approximate surface area is 139 Å². The molecule has 0 bridgehead atoms. The van der Waals surface area contributed by atoms with E-state index in [1.165, 1.54) is 29.3 Å². The van der Waals surface area contributed by atoms with E-state index >= 15 is 0 Å². The van der Waals surface area contributed by atoms with Gasteiger partial charge >= 0.3 is 0 Å². The molecule has 0 aliphatic heterocycles. The third-order valence-corrected chi connectivity index (χ3v) is 5.76. The zero-order valence-electron chi connectivity index (χ0n) is 14.6. The summed E-state index contributed by atoms with van der Waals surface area (Å²) in [5.41, 5.74) is 2.46. The third kappa shape index (κ3) is 3.52. The van der Waals surface area contributed by atoms with Crippen molar-refractivity contribution < 1.29 is 4.79 Å². The number of rotatable bonds is 5. The fourth-order valence-corrected chi connectivity index (χ4v) is 4.38. The summed E-state index contributed by atoms with van der Waals surface area (Å²) in [5.74, 6) is 2.67. The van der Waals surface area contributed by atoms with Crippen molar-refractivity contribution in [2.24, 2.45) is 23.7 Å². The van der Waals surface area contributed by atoms with E-state index in [-0.39, 0.29) is 5.92 Å². The van der Waals surface area contributed by atoms with Crippen molar-refractivity contribution in [3.05, 3.63) is 36.0 Å². The van der Waals surface area contributed by atoms with E-state index in [1.54, 1.807) is 0 Å².